The highest BCUT2D eigenvalue weighted by atomic mass is 16.5. The van der Waals surface area contributed by atoms with E-state index in [-0.39, 0.29) is 11.7 Å². The van der Waals surface area contributed by atoms with Crippen LogP contribution in [0.25, 0.3) is 11.1 Å². The van der Waals surface area contributed by atoms with Gasteiger partial charge >= 0.3 is 0 Å². The van der Waals surface area contributed by atoms with Crippen LogP contribution < -0.4 is 5.56 Å². The van der Waals surface area contributed by atoms with Crippen LogP contribution in [0.2, 0.25) is 0 Å². The van der Waals surface area contributed by atoms with Crippen LogP contribution >= 0.6 is 0 Å². The van der Waals surface area contributed by atoms with E-state index in [4.69, 9.17) is 9.47 Å². The molecule has 28 heavy (non-hydrogen) atoms. The lowest BCUT2D eigenvalue weighted by Gasteiger charge is -2.25. The van der Waals surface area contributed by atoms with Gasteiger partial charge in [0.05, 0.1) is 19.3 Å². The van der Waals surface area contributed by atoms with Gasteiger partial charge < -0.3 is 14.0 Å². The van der Waals surface area contributed by atoms with Crippen LogP contribution in [0.5, 0.6) is 0 Å². The molecule has 2 aromatic rings. The zero-order valence-corrected chi connectivity index (χ0v) is 16.6. The molecule has 0 saturated carbocycles. The second-order valence-electron chi connectivity index (χ2n) is 7.97. The maximum Gasteiger partial charge on any atom is 0.253 e. The second kappa shape index (κ2) is 8.02. The highest BCUT2D eigenvalue weighted by molar-refractivity contribution is 5.84. The van der Waals surface area contributed by atoms with Crippen molar-refractivity contribution in [3.63, 3.8) is 0 Å². The largest absolute Gasteiger partial charge is 0.379 e. The fourth-order valence-electron chi connectivity index (χ4n) is 4.19. The van der Waals surface area contributed by atoms with E-state index in [1.54, 1.807) is 11.6 Å². The Morgan fingerprint density at radius 1 is 1.18 bits per heavy atom. The van der Waals surface area contributed by atoms with Gasteiger partial charge in [0, 0.05) is 38.3 Å². The number of aromatic nitrogens is 1. The van der Waals surface area contributed by atoms with Crippen molar-refractivity contribution in [2.24, 2.45) is 7.05 Å². The molecule has 2 heterocycles. The van der Waals surface area contributed by atoms with Gasteiger partial charge in [0.25, 0.3) is 5.56 Å². The van der Waals surface area contributed by atoms with Gasteiger partial charge in [-0.2, -0.15) is 0 Å². The smallest absolute Gasteiger partial charge is 0.253 e. The van der Waals surface area contributed by atoms with Crippen molar-refractivity contribution in [3.8, 4) is 11.1 Å². The number of ketones is 1. The van der Waals surface area contributed by atoms with Crippen molar-refractivity contribution in [3.05, 3.63) is 57.0 Å². The van der Waals surface area contributed by atoms with Crippen LogP contribution in [0.1, 0.15) is 41.5 Å². The molecule has 1 aliphatic carbocycles. The monoisotopic (exact) mass is 381 g/mol. The van der Waals surface area contributed by atoms with E-state index in [0.29, 0.717) is 31.8 Å². The number of Topliss-reactive ketones (excluding diaryl/α,β-unsaturated/α-hetero) is 1. The molecule has 1 unspecified atom stereocenters. The Morgan fingerprint density at radius 2 is 2.04 bits per heavy atom. The van der Waals surface area contributed by atoms with E-state index in [0.717, 1.165) is 53.7 Å². The topological polar surface area (TPSA) is 57.5 Å². The molecule has 1 atom stereocenters. The summed E-state index contributed by atoms with van der Waals surface area (Å²) in [7, 11) is 1.78. The highest BCUT2D eigenvalue weighted by Gasteiger charge is 2.22. The van der Waals surface area contributed by atoms with Gasteiger partial charge in [0.15, 0.2) is 0 Å². The van der Waals surface area contributed by atoms with Crippen LogP contribution in [0.4, 0.5) is 0 Å². The first kappa shape index (κ1) is 19.1. The summed E-state index contributed by atoms with van der Waals surface area (Å²) in [6.07, 6.45) is 5.89. The molecule has 5 nitrogen and oxygen atoms in total. The molecule has 0 radical (unpaired) electrons. The number of aryl methyl sites for hydroxylation is 3. The third kappa shape index (κ3) is 3.96. The predicted octanol–water partition coefficient (Wildman–Crippen LogP) is 3.11. The molecular weight excluding hydrogens is 354 g/mol. The summed E-state index contributed by atoms with van der Waals surface area (Å²) in [5.74, 6) is 0.292. The van der Waals surface area contributed by atoms with E-state index in [9.17, 15) is 9.59 Å². The van der Waals surface area contributed by atoms with E-state index >= 15 is 0 Å². The first-order chi connectivity index (χ1) is 13.5. The Hall–Kier alpha value is -2.24. The lowest BCUT2D eigenvalue weighted by Crippen LogP contribution is -2.26. The number of benzene rings is 1. The Labute approximate surface area is 165 Å². The molecule has 1 aromatic heterocycles. The Balaban J connectivity index is 1.70. The lowest BCUT2D eigenvalue weighted by atomic mass is 9.85. The first-order valence-corrected chi connectivity index (χ1v) is 10.0. The average Bonchev–Trinajstić information content (AvgIpc) is 2.70. The fraction of sp³-hybridized carbons (Fsp3) is 0.478. The molecule has 2 aliphatic rings. The standard InChI is InChI=1S/C23H27NO4/c1-15-8-18(12-24(2)23(15)26)17-9-16-5-6-20(25)11-22(16)19(10-17)13-28-21-4-3-7-27-14-21/h8-10,12,21H,3-7,11,13-14H2,1-2H3. The third-order valence-corrected chi connectivity index (χ3v) is 5.77. The minimum Gasteiger partial charge on any atom is -0.379 e. The normalized spacial score (nSPS) is 19.5. The van der Waals surface area contributed by atoms with Crippen molar-refractivity contribution in [2.45, 2.75) is 51.7 Å². The SMILES string of the molecule is Cc1cc(-c2cc3c(c(COC4CCCOC4)c2)CC(=O)CC3)cn(C)c1=O. The summed E-state index contributed by atoms with van der Waals surface area (Å²) < 4.78 is 13.3. The molecule has 1 fully saturated rings. The van der Waals surface area contributed by atoms with Crippen molar-refractivity contribution in [1.82, 2.24) is 4.57 Å². The number of rotatable bonds is 4. The van der Waals surface area contributed by atoms with Gasteiger partial charge in [-0.1, -0.05) is 6.07 Å². The Bertz CT molecular complexity index is 928. The summed E-state index contributed by atoms with van der Waals surface area (Å²) in [5, 5.41) is 0. The van der Waals surface area contributed by atoms with Gasteiger partial charge in [0.2, 0.25) is 0 Å². The zero-order valence-electron chi connectivity index (χ0n) is 16.6. The van der Waals surface area contributed by atoms with Gasteiger partial charge in [-0.05, 0) is 66.1 Å². The summed E-state index contributed by atoms with van der Waals surface area (Å²) in [6, 6.07) is 6.24. The number of hydrogen-bond acceptors (Lipinski definition) is 4. The molecular formula is C23H27NO4. The van der Waals surface area contributed by atoms with Gasteiger partial charge in [-0.3, -0.25) is 9.59 Å². The van der Waals surface area contributed by atoms with E-state index < -0.39 is 0 Å². The fourth-order valence-corrected chi connectivity index (χ4v) is 4.19. The molecule has 4 rings (SSSR count). The summed E-state index contributed by atoms with van der Waals surface area (Å²) >= 11 is 0. The number of carbonyl (C=O) groups is 1. The minimum absolute atomic E-state index is 0.0214. The van der Waals surface area contributed by atoms with Crippen molar-refractivity contribution in [1.29, 1.82) is 0 Å². The van der Waals surface area contributed by atoms with Crippen LogP contribution in [0.15, 0.2) is 29.2 Å². The van der Waals surface area contributed by atoms with Crippen LogP contribution in [0.3, 0.4) is 0 Å². The predicted molar refractivity (Wildman–Crippen MR) is 108 cm³/mol. The van der Waals surface area contributed by atoms with Gasteiger partial charge in [0.1, 0.15) is 5.78 Å². The van der Waals surface area contributed by atoms with Crippen molar-refractivity contribution in [2.75, 3.05) is 13.2 Å². The maximum atomic E-state index is 12.1. The molecule has 148 valence electrons. The molecule has 0 N–H and O–H groups in total. The number of hydrogen-bond donors (Lipinski definition) is 0. The first-order valence-electron chi connectivity index (χ1n) is 10.0. The molecule has 5 heteroatoms. The van der Waals surface area contributed by atoms with E-state index in [1.165, 1.54) is 5.56 Å². The van der Waals surface area contributed by atoms with Crippen molar-refractivity contribution < 1.29 is 14.3 Å². The summed E-state index contributed by atoms with van der Waals surface area (Å²) in [6.45, 7) is 3.78. The molecule has 0 spiro atoms. The molecule has 1 aromatic carbocycles. The summed E-state index contributed by atoms with van der Waals surface area (Å²) in [4.78, 5) is 24.1. The van der Waals surface area contributed by atoms with Crippen LogP contribution in [-0.4, -0.2) is 29.7 Å². The summed E-state index contributed by atoms with van der Waals surface area (Å²) in [5.41, 5.74) is 6.27. The Morgan fingerprint density at radius 3 is 2.79 bits per heavy atom. The molecule has 1 saturated heterocycles. The van der Waals surface area contributed by atoms with Gasteiger partial charge in [-0.15, -0.1) is 0 Å². The highest BCUT2D eigenvalue weighted by Crippen LogP contribution is 2.31. The van der Waals surface area contributed by atoms with E-state index in [2.05, 4.69) is 12.1 Å². The minimum atomic E-state index is 0.0214. The van der Waals surface area contributed by atoms with Gasteiger partial charge in [-0.25, -0.2) is 0 Å². The number of fused-ring (bicyclic) bond motifs is 1. The van der Waals surface area contributed by atoms with Crippen LogP contribution in [-0.2, 0) is 40.8 Å². The molecule has 1 aliphatic heterocycles. The molecule has 0 amide bonds. The Kier molecular flexibility index (Phi) is 5.47. The van der Waals surface area contributed by atoms with Crippen molar-refractivity contribution >= 4 is 5.78 Å². The quantitative estimate of drug-likeness (QED) is 0.817. The maximum absolute atomic E-state index is 12.1. The zero-order chi connectivity index (χ0) is 19.7. The second-order valence-corrected chi connectivity index (χ2v) is 7.97. The molecule has 0 bridgehead atoms. The number of ether oxygens (including phenoxy) is 2. The third-order valence-electron chi connectivity index (χ3n) is 5.77. The number of pyridine rings is 1. The van der Waals surface area contributed by atoms with Crippen LogP contribution in [0, 0.1) is 6.92 Å². The number of nitrogens with zero attached hydrogens (tertiary/aromatic N) is 1. The lowest BCUT2D eigenvalue weighted by molar-refractivity contribution is -0.118. The van der Waals surface area contributed by atoms with E-state index in [1.807, 2.05) is 19.2 Å². The average molecular weight is 381 g/mol. The number of carbonyl (C=O) groups excluding carboxylic acids is 1.